The van der Waals surface area contributed by atoms with Crippen LogP contribution in [0.4, 0.5) is 0 Å². The van der Waals surface area contributed by atoms with E-state index in [-0.39, 0.29) is 12.0 Å². The maximum atomic E-state index is 5.59. The molecule has 1 fully saturated rings. The van der Waals surface area contributed by atoms with Gasteiger partial charge < -0.3 is 4.74 Å². The molecule has 2 atom stereocenters. The topological polar surface area (TPSA) is 95.6 Å². The number of aromatic nitrogens is 6. The predicted octanol–water partition coefficient (Wildman–Crippen LogP) is 0.661. The van der Waals surface area contributed by atoms with Gasteiger partial charge >= 0.3 is 0 Å². The molecular weight excluding hydrogens is 270 g/mol. The minimum absolute atomic E-state index is 0.127. The van der Waals surface area contributed by atoms with Crippen LogP contribution >= 0.6 is 0 Å². The summed E-state index contributed by atoms with van der Waals surface area (Å²) in [7, 11) is 1.74. The first-order valence-corrected chi connectivity index (χ1v) is 7.19. The Labute approximate surface area is 123 Å². The molecule has 21 heavy (non-hydrogen) atoms. The fourth-order valence-corrected chi connectivity index (χ4v) is 2.74. The van der Waals surface area contributed by atoms with Gasteiger partial charge in [0, 0.05) is 32.0 Å². The monoisotopic (exact) mass is 291 g/mol. The SMILES string of the molecule is CO[C@@H]1CN(Cc2nc(C(C)C)n[nH]2)C[C@H]1c1cn[nH]n1. The molecule has 1 aliphatic rings. The maximum Gasteiger partial charge on any atom is 0.153 e. The Balaban J connectivity index is 1.67. The molecule has 0 amide bonds. The van der Waals surface area contributed by atoms with Gasteiger partial charge in [-0.1, -0.05) is 13.8 Å². The van der Waals surface area contributed by atoms with Gasteiger partial charge in [-0.3, -0.25) is 10.00 Å². The van der Waals surface area contributed by atoms with Gasteiger partial charge in [0.2, 0.25) is 0 Å². The molecule has 3 heterocycles. The molecule has 8 heteroatoms. The first-order chi connectivity index (χ1) is 10.2. The van der Waals surface area contributed by atoms with Crippen LogP contribution in [-0.4, -0.2) is 61.8 Å². The summed E-state index contributed by atoms with van der Waals surface area (Å²) in [4.78, 5) is 6.83. The van der Waals surface area contributed by atoms with Gasteiger partial charge in [-0.05, 0) is 0 Å². The lowest BCUT2D eigenvalue weighted by atomic mass is 10.0. The molecule has 0 aromatic carbocycles. The lowest BCUT2D eigenvalue weighted by Crippen LogP contribution is -2.23. The van der Waals surface area contributed by atoms with E-state index in [9.17, 15) is 0 Å². The number of rotatable bonds is 5. The minimum atomic E-state index is 0.127. The number of ether oxygens (including phenoxy) is 1. The average molecular weight is 291 g/mol. The van der Waals surface area contributed by atoms with E-state index < -0.39 is 0 Å². The second kappa shape index (κ2) is 5.90. The van der Waals surface area contributed by atoms with E-state index in [1.54, 1.807) is 13.3 Å². The number of hydrogen-bond acceptors (Lipinski definition) is 6. The van der Waals surface area contributed by atoms with Crippen LogP contribution in [0.1, 0.15) is 43.0 Å². The molecule has 0 radical (unpaired) electrons. The van der Waals surface area contributed by atoms with Gasteiger partial charge in [-0.25, -0.2) is 4.98 Å². The van der Waals surface area contributed by atoms with Gasteiger partial charge in [0.25, 0.3) is 0 Å². The van der Waals surface area contributed by atoms with E-state index in [0.29, 0.717) is 5.92 Å². The number of H-pyrrole nitrogens is 2. The summed E-state index contributed by atoms with van der Waals surface area (Å²) in [6, 6.07) is 0. The van der Waals surface area contributed by atoms with E-state index in [1.165, 1.54) is 0 Å². The highest BCUT2D eigenvalue weighted by molar-refractivity contribution is 5.10. The Bertz CT molecular complexity index is 565. The van der Waals surface area contributed by atoms with Crippen LogP contribution in [0.5, 0.6) is 0 Å². The number of hydrogen-bond donors (Lipinski definition) is 2. The largest absolute Gasteiger partial charge is 0.379 e. The van der Waals surface area contributed by atoms with Crippen molar-refractivity contribution < 1.29 is 4.74 Å². The number of nitrogens with one attached hydrogen (secondary N) is 2. The highest BCUT2D eigenvalue weighted by atomic mass is 16.5. The number of methoxy groups -OCH3 is 1. The Morgan fingerprint density at radius 1 is 1.38 bits per heavy atom. The van der Waals surface area contributed by atoms with Crippen LogP contribution in [0, 0.1) is 0 Å². The van der Waals surface area contributed by atoms with Crippen molar-refractivity contribution in [3.8, 4) is 0 Å². The molecule has 0 unspecified atom stereocenters. The van der Waals surface area contributed by atoms with Gasteiger partial charge in [-0.2, -0.15) is 20.5 Å². The summed E-state index contributed by atoms with van der Waals surface area (Å²) in [5, 5.41) is 18.0. The molecule has 0 aliphatic carbocycles. The number of aromatic amines is 2. The van der Waals surface area contributed by atoms with Crippen molar-refractivity contribution in [1.29, 1.82) is 0 Å². The second-order valence-electron chi connectivity index (χ2n) is 5.76. The molecule has 3 rings (SSSR count). The third-order valence-corrected chi connectivity index (χ3v) is 3.90. The lowest BCUT2D eigenvalue weighted by molar-refractivity contribution is 0.0955. The molecular formula is C13H21N7O. The summed E-state index contributed by atoms with van der Waals surface area (Å²) in [5.74, 6) is 2.33. The number of likely N-dealkylation sites (tertiary alicyclic amines) is 1. The van der Waals surface area contributed by atoms with Crippen LogP contribution in [0.3, 0.4) is 0 Å². The lowest BCUT2D eigenvalue weighted by Gasteiger charge is -2.13. The Morgan fingerprint density at radius 2 is 2.24 bits per heavy atom. The van der Waals surface area contributed by atoms with E-state index in [0.717, 1.165) is 37.0 Å². The van der Waals surface area contributed by atoms with Crippen molar-refractivity contribution in [3.63, 3.8) is 0 Å². The molecule has 0 bridgehead atoms. The summed E-state index contributed by atoms with van der Waals surface area (Å²) >= 11 is 0. The maximum absolute atomic E-state index is 5.59. The third-order valence-electron chi connectivity index (χ3n) is 3.90. The third kappa shape index (κ3) is 2.96. The highest BCUT2D eigenvalue weighted by Gasteiger charge is 2.35. The van der Waals surface area contributed by atoms with Crippen molar-refractivity contribution in [2.24, 2.45) is 0 Å². The van der Waals surface area contributed by atoms with Crippen molar-refractivity contribution in [3.05, 3.63) is 23.5 Å². The molecule has 1 aliphatic heterocycles. The highest BCUT2D eigenvalue weighted by Crippen LogP contribution is 2.28. The van der Waals surface area contributed by atoms with Gasteiger partial charge in [0.1, 0.15) is 5.82 Å². The van der Waals surface area contributed by atoms with Crippen LogP contribution < -0.4 is 0 Å². The number of nitrogens with zero attached hydrogens (tertiary/aromatic N) is 5. The van der Waals surface area contributed by atoms with Gasteiger partial charge in [-0.15, -0.1) is 0 Å². The summed E-state index contributed by atoms with van der Waals surface area (Å²) in [6.07, 6.45) is 1.90. The zero-order valence-electron chi connectivity index (χ0n) is 12.6. The average Bonchev–Trinajstić information content (AvgIpc) is 3.18. The molecule has 2 N–H and O–H groups in total. The second-order valence-corrected chi connectivity index (χ2v) is 5.76. The standard InChI is InChI=1S/C13H21N7O/c1-8(2)13-15-12(17-18-13)7-20-5-9(11(6-20)21-3)10-4-14-19-16-10/h4,8-9,11H,5-7H2,1-3H3,(H,14,16,19)(H,15,17,18)/t9-,11+/m0/s1. The van der Waals surface area contributed by atoms with Crippen molar-refractivity contribution >= 4 is 0 Å². The molecule has 2 aromatic rings. The first kappa shape index (κ1) is 14.2. The predicted molar refractivity (Wildman–Crippen MR) is 75.7 cm³/mol. The quantitative estimate of drug-likeness (QED) is 0.840. The summed E-state index contributed by atoms with van der Waals surface area (Å²) in [5.41, 5.74) is 0.949. The fraction of sp³-hybridized carbons (Fsp3) is 0.692. The normalized spacial score (nSPS) is 23.2. The molecule has 8 nitrogen and oxygen atoms in total. The van der Waals surface area contributed by atoms with E-state index in [1.807, 2.05) is 0 Å². The van der Waals surface area contributed by atoms with Crippen molar-refractivity contribution in [1.82, 2.24) is 35.5 Å². The van der Waals surface area contributed by atoms with Crippen LogP contribution in [0.25, 0.3) is 0 Å². The zero-order chi connectivity index (χ0) is 14.8. The Morgan fingerprint density at radius 3 is 2.86 bits per heavy atom. The molecule has 1 saturated heterocycles. The van der Waals surface area contributed by atoms with E-state index in [2.05, 4.69) is 49.3 Å². The zero-order valence-corrected chi connectivity index (χ0v) is 12.6. The Hall–Kier alpha value is -1.80. The Kier molecular flexibility index (Phi) is 3.98. The minimum Gasteiger partial charge on any atom is -0.379 e. The fourth-order valence-electron chi connectivity index (χ4n) is 2.74. The first-order valence-electron chi connectivity index (χ1n) is 7.19. The van der Waals surface area contributed by atoms with Crippen LogP contribution in [0.15, 0.2) is 6.20 Å². The van der Waals surface area contributed by atoms with Crippen LogP contribution in [0.2, 0.25) is 0 Å². The summed E-state index contributed by atoms with van der Waals surface area (Å²) < 4.78 is 5.59. The molecule has 114 valence electrons. The molecule has 0 spiro atoms. The van der Waals surface area contributed by atoms with Crippen molar-refractivity contribution in [2.75, 3.05) is 20.2 Å². The van der Waals surface area contributed by atoms with Gasteiger partial charge in [0.05, 0.1) is 24.5 Å². The van der Waals surface area contributed by atoms with E-state index >= 15 is 0 Å². The summed E-state index contributed by atoms with van der Waals surface area (Å²) in [6.45, 7) is 6.65. The smallest absolute Gasteiger partial charge is 0.153 e. The van der Waals surface area contributed by atoms with Crippen molar-refractivity contribution in [2.45, 2.75) is 38.3 Å². The van der Waals surface area contributed by atoms with E-state index in [4.69, 9.17) is 4.74 Å². The molecule has 0 saturated carbocycles. The molecule has 2 aromatic heterocycles. The van der Waals surface area contributed by atoms with Crippen LogP contribution in [-0.2, 0) is 11.3 Å². The van der Waals surface area contributed by atoms with Gasteiger partial charge in [0.15, 0.2) is 5.82 Å².